The van der Waals surface area contributed by atoms with Gasteiger partial charge in [-0.3, -0.25) is 9.59 Å². The van der Waals surface area contributed by atoms with Crippen molar-refractivity contribution in [3.05, 3.63) is 24.3 Å². The molecule has 0 aliphatic heterocycles. The summed E-state index contributed by atoms with van der Waals surface area (Å²) in [5.41, 5.74) is 0. The van der Waals surface area contributed by atoms with E-state index in [0.717, 1.165) is 13.8 Å². The summed E-state index contributed by atoms with van der Waals surface area (Å²) in [6.07, 6.45) is 0. The smallest absolute Gasteiger partial charge is 0.300 e. The van der Waals surface area contributed by atoms with E-state index in [0.29, 0.717) is 10.8 Å². The zero-order valence-electron chi connectivity index (χ0n) is 13.7. The minimum Gasteiger partial charge on any atom is -0.504 e. The lowest BCUT2D eigenvalue weighted by Crippen LogP contribution is -1.92. The SMILES string of the molecule is CC(=O)O.CC(=O)O.COc1c(OC)c(O)c2ccccc2c1O. The van der Waals surface area contributed by atoms with Gasteiger partial charge in [-0.15, -0.1) is 0 Å². The first-order chi connectivity index (χ1) is 11.2. The highest BCUT2D eigenvalue weighted by atomic mass is 16.5. The van der Waals surface area contributed by atoms with Crippen LogP contribution in [-0.2, 0) is 9.59 Å². The summed E-state index contributed by atoms with van der Waals surface area (Å²) in [5.74, 6) is -1.46. The number of phenolic OH excluding ortho intramolecular Hbond substituents is 2. The van der Waals surface area contributed by atoms with Gasteiger partial charge in [0.1, 0.15) is 0 Å². The van der Waals surface area contributed by atoms with Gasteiger partial charge in [-0.05, 0) is 0 Å². The Kier molecular flexibility index (Phi) is 8.49. The second kappa shape index (κ2) is 9.78. The molecule has 0 atom stereocenters. The van der Waals surface area contributed by atoms with Crippen LogP contribution in [0.15, 0.2) is 24.3 Å². The molecule has 0 fully saturated rings. The van der Waals surface area contributed by atoms with Crippen molar-refractivity contribution in [2.75, 3.05) is 14.2 Å². The molecule has 0 aliphatic carbocycles. The van der Waals surface area contributed by atoms with Crippen LogP contribution in [0.5, 0.6) is 23.0 Å². The van der Waals surface area contributed by atoms with Gasteiger partial charge in [0, 0.05) is 24.6 Å². The third-order valence-electron chi connectivity index (χ3n) is 2.48. The molecule has 0 aliphatic rings. The number of carboxylic acid groups (broad SMARTS) is 2. The van der Waals surface area contributed by atoms with Gasteiger partial charge < -0.3 is 29.9 Å². The van der Waals surface area contributed by atoms with Gasteiger partial charge >= 0.3 is 0 Å². The lowest BCUT2D eigenvalue weighted by atomic mass is 10.1. The van der Waals surface area contributed by atoms with Crippen molar-refractivity contribution in [2.45, 2.75) is 13.8 Å². The van der Waals surface area contributed by atoms with E-state index in [1.807, 2.05) is 0 Å². The number of carboxylic acids is 2. The molecule has 24 heavy (non-hydrogen) atoms. The third-order valence-corrected chi connectivity index (χ3v) is 2.48. The molecule has 0 spiro atoms. The number of ether oxygens (including phenoxy) is 2. The van der Waals surface area contributed by atoms with E-state index < -0.39 is 11.9 Å². The van der Waals surface area contributed by atoms with E-state index >= 15 is 0 Å². The molecule has 0 saturated heterocycles. The van der Waals surface area contributed by atoms with Crippen LogP contribution in [0.3, 0.4) is 0 Å². The maximum atomic E-state index is 9.97. The van der Waals surface area contributed by atoms with Gasteiger partial charge in [0.2, 0.25) is 11.5 Å². The first kappa shape index (κ1) is 20.8. The van der Waals surface area contributed by atoms with Gasteiger partial charge in [0.15, 0.2) is 11.5 Å². The molecule has 0 amide bonds. The average Bonchev–Trinajstić information content (AvgIpc) is 2.49. The molecule has 2 aromatic carbocycles. The quantitative estimate of drug-likeness (QED) is 0.613. The first-order valence-electron chi connectivity index (χ1n) is 6.60. The Balaban J connectivity index is 0.000000558. The Morgan fingerprint density at radius 3 is 1.25 bits per heavy atom. The minimum absolute atomic E-state index is 0.0345. The molecule has 0 aromatic heterocycles. The molecule has 0 unspecified atom stereocenters. The summed E-state index contributed by atoms with van der Waals surface area (Å²) in [7, 11) is 2.82. The van der Waals surface area contributed by atoms with Crippen molar-refractivity contribution in [3.63, 3.8) is 0 Å². The second-order valence-electron chi connectivity index (χ2n) is 4.35. The monoisotopic (exact) mass is 340 g/mol. The fourth-order valence-electron chi connectivity index (χ4n) is 1.73. The minimum atomic E-state index is -0.833. The van der Waals surface area contributed by atoms with Crippen LogP contribution in [0.2, 0.25) is 0 Å². The molecular weight excluding hydrogens is 320 g/mol. The van der Waals surface area contributed by atoms with Crippen LogP contribution >= 0.6 is 0 Å². The fourth-order valence-corrected chi connectivity index (χ4v) is 1.73. The molecule has 8 heteroatoms. The fraction of sp³-hybridized carbons (Fsp3) is 0.250. The van der Waals surface area contributed by atoms with E-state index in [9.17, 15) is 10.2 Å². The number of fused-ring (bicyclic) bond motifs is 1. The Morgan fingerprint density at radius 2 is 1.04 bits per heavy atom. The lowest BCUT2D eigenvalue weighted by Gasteiger charge is -2.13. The van der Waals surface area contributed by atoms with E-state index in [1.165, 1.54) is 14.2 Å². The van der Waals surface area contributed by atoms with Gasteiger partial charge in [-0.25, -0.2) is 0 Å². The van der Waals surface area contributed by atoms with Crippen LogP contribution in [0.1, 0.15) is 13.8 Å². The molecule has 2 aromatic rings. The number of methoxy groups -OCH3 is 2. The van der Waals surface area contributed by atoms with Crippen LogP contribution in [0, 0.1) is 0 Å². The van der Waals surface area contributed by atoms with Gasteiger partial charge in [0.05, 0.1) is 14.2 Å². The van der Waals surface area contributed by atoms with Crippen LogP contribution in [0.4, 0.5) is 0 Å². The molecule has 0 bridgehead atoms. The highest BCUT2D eigenvalue weighted by molar-refractivity contribution is 5.98. The predicted octanol–water partition coefficient (Wildman–Crippen LogP) is 2.45. The third kappa shape index (κ3) is 5.91. The van der Waals surface area contributed by atoms with Crippen molar-refractivity contribution < 1.29 is 39.5 Å². The number of aliphatic carboxylic acids is 2. The summed E-state index contributed by atoms with van der Waals surface area (Å²) in [4.78, 5) is 18.0. The molecule has 2 rings (SSSR count). The Bertz CT molecular complexity index is 640. The Hall–Kier alpha value is -3.16. The van der Waals surface area contributed by atoms with Gasteiger partial charge in [-0.1, -0.05) is 24.3 Å². The highest BCUT2D eigenvalue weighted by Gasteiger charge is 2.19. The van der Waals surface area contributed by atoms with Crippen LogP contribution in [0.25, 0.3) is 10.8 Å². The number of aromatic hydroxyl groups is 2. The molecule has 132 valence electrons. The van der Waals surface area contributed by atoms with Crippen LogP contribution in [-0.4, -0.2) is 46.6 Å². The standard InChI is InChI=1S/C12H12O4.2C2H4O2/c1-15-11-9(13)7-5-3-4-6-8(7)10(14)12(11)16-2;2*1-2(3)4/h3-6,13-14H,1-2H3;2*1H3,(H,3,4). The number of hydrogen-bond donors (Lipinski definition) is 4. The topological polar surface area (TPSA) is 134 Å². The molecule has 0 heterocycles. The Labute approximate surface area is 138 Å². The van der Waals surface area contributed by atoms with E-state index in [-0.39, 0.29) is 23.0 Å². The summed E-state index contributed by atoms with van der Waals surface area (Å²) in [6.45, 7) is 2.17. The van der Waals surface area contributed by atoms with E-state index in [1.54, 1.807) is 24.3 Å². The van der Waals surface area contributed by atoms with Crippen molar-refractivity contribution in [3.8, 4) is 23.0 Å². The summed E-state index contributed by atoms with van der Waals surface area (Å²) in [5, 5.41) is 35.8. The average molecular weight is 340 g/mol. The highest BCUT2D eigenvalue weighted by Crippen LogP contribution is 2.49. The maximum absolute atomic E-state index is 9.97. The molecule has 8 nitrogen and oxygen atoms in total. The van der Waals surface area contributed by atoms with E-state index in [4.69, 9.17) is 29.3 Å². The predicted molar refractivity (Wildman–Crippen MR) is 87.0 cm³/mol. The summed E-state index contributed by atoms with van der Waals surface area (Å²) >= 11 is 0. The second-order valence-corrected chi connectivity index (χ2v) is 4.35. The van der Waals surface area contributed by atoms with Crippen molar-refractivity contribution in [2.24, 2.45) is 0 Å². The number of phenols is 2. The number of carbonyl (C=O) groups is 2. The molecule has 0 radical (unpaired) electrons. The zero-order valence-corrected chi connectivity index (χ0v) is 13.7. The van der Waals surface area contributed by atoms with Gasteiger partial charge in [-0.2, -0.15) is 0 Å². The van der Waals surface area contributed by atoms with Crippen molar-refractivity contribution >= 4 is 22.7 Å². The van der Waals surface area contributed by atoms with Crippen LogP contribution < -0.4 is 9.47 Å². The molecule has 4 N–H and O–H groups in total. The number of benzene rings is 2. The van der Waals surface area contributed by atoms with E-state index in [2.05, 4.69) is 0 Å². The molecular formula is C16H20O8. The maximum Gasteiger partial charge on any atom is 0.300 e. The largest absolute Gasteiger partial charge is 0.504 e. The number of hydrogen-bond acceptors (Lipinski definition) is 6. The Morgan fingerprint density at radius 1 is 0.792 bits per heavy atom. The summed E-state index contributed by atoms with van der Waals surface area (Å²) in [6, 6.07) is 6.94. The number of rotatable bonds is 2. The zero-order chi connectivity index (χ0) is 18.9. The van der Waals surface area contributed by atoms with Crippen molar-refractivity contribution in [1.82, 2.24) is 0 Å². The first-order valence-corrected chi connectivity index (χ1v) is 6.60. The van der Waals surface area contributed by atoms with Gasteiger partial charge in [0.25, 0.3) is 11.9 Å². The molecule has 0 saturated carbocycles. The normalized spacial score (nSPS) is 9.00. The summed E-state index contributed by atoms with van der Waals surface area (Å²) < 4.78 is 10.0. The van der Waals surface area contributed by atoms with Crippen molar-refractivity contribution in [1.29, 1.82) is 0 Å². The lowest BCUT2D eigenvalue weighted by molar-refractivity contribution is -0.135.